The zero-order chi connectivity index (χ0) is 19.3. The highest BCUT2D eigenvalue weighted by atomic mass is 16.5. The fourth-order valence-electron chi connectivity index (χ4n) is 4.28. The maximum Gasteiger partial charge on any atom is 0.323 e. The number of aliphatic carboxylic acids is 1. The van der Waals surface area contributed by atoms with E-state index in [0.717, 1.165) is 12.0 Å². The number of ether oxygens (including phenoxy) is 1. The van der Waals surface area contributed by atoms with Crippen molar-refractivity contribution in [3.8, 4) is 0 Å². The third-order valence-corrected chi connectivity index (χ3v) is 5.41. The van der Waals surface area contributed by atoms with Crippen LogP contribution in [0.25, 0.3) is 0 Å². The fraction of sp³-hybridized carbons (Fsp3) is 0.800. The molecule has 0 fully saturated rings. The Morgan fingerprint density at radius 2 is 1.76 bits per heavy atom. The molecule has 0 aromatic heterocycles. The largest absolute Gasteiger partial charge is 0.481 e. The second-order valence-corrected chi connectivity index (χ2v) is 8.33. The van der Waals surface area contributed by atoms with Crippen LogP contribution in [0.5, 0.6) is 0 Å². The zero-order valence-electron chi connectivity index (χ0n) is 16.5. The lowest BCUT2D eigenvalue weighted by atomic mass is 9.61. The van der Waals surface area contributed by atoms with Crippen LogP contribution in [-0.4, -0.2) is 29.7 Å². The Hall–Kier alpha value is -1.36. The van der Waals surface area contributed by atoms with Crippen LogP contribution in [0.3, 0.4) is 0 Å². The third-order valence-electron chi connectivity index (χ3n) is 5.41. The number of carbonyl (C=O) groups is 2. The summed E-state index contributed by atoms with van der Waals surface area (Å²) in [6.07, 6.45) is 2.82. The summed E-state index contributed by atoms with van der Waals surface area (Å²) in [5.41, 5.74) is 6.74. The van der Waals surface area contributed by atoms with Crippen LogP contribution in [0.2, 0.25) is 0 Å². The van der Waals surface area contributed by atoms with E-state index < -0.39 is 24.4 Å². The van der Waals surface area contributed by atoms with Crippen molar-refractivity contribution < 1.29 is 19.4 Å². The number of carboxylic acids is 1. The molecule has 1 aliphatic rings. The highest BCUT2D eigenvalue weighted by Gasteiger charge is 2.39. The number of carbonyl (C=O) groups excluding carboxylic acids is 1. The van der Waals surface area contributed by atoms with E-state index in [-0.39, 0.29) is 6.61 Å². The smallest absolute Gasteiger partial charge is 0.323 e. The molecule has 0 spiro atoms. The molecule has 4 atom stereocenters. The first-order valence-corrected chi connectivity index (χ1v) is 9.39. The van der Waals surface area contributed by atoms with Crippen molar-refractivity contribution >= 4 is 11.9 Å². The van der Waals surface area contributed by atoms with E-state index in [9.17, 15) is 9.59 Å². The van der Waals surface area contributed by atoms with Gasteiger partial charge in [0.05, 0.1) is 6.42 Å². The highest BCUT2D eigenvalue weighted by Crippen LogP contribution is 2.46. The summed E-state index contributed by atoms with van der Waals surface area (Å²) in [6, 6.07) is -1.11. The molecule has 0 radical (unpaired) electrons. The van der Waals surface area contributed by atoms with E-state index in [0.29, 0.717) is 35.5 Å². The van der Waals surface area contributed by atoms with Gasteiger partial charge in [-0.15, -0.1) is 0 Å². The molecule has 0 aliphatic heterocycles. The normalized spacial score (nSPS) is 25.2. The van der Waals surface area contributed by atoms with Crippen LogP contribution in [0.15, 0.2) is 11.6 Å². The number of carboxylic acid groups (broad SMARTS) is 1. The van der Waals surface area contributed by atoms with E-state index in [1.165, 1.54) is 0 Å². The number of rotatable bonds is 8. The molecule has 1 rings (SSSR count). The summed E-state index contributed by atoms with van der Waals surface area (Å²) in [6.45, 7) is 13.7. The molecule has 0 aromatic rings. The van der Waals surface area contributed by atoms with Crippen molar-refractivity contribution in [2.75, 3.05) is 6.61 Å². The monoisotopic (exact) mass is 353 g/mol. The summed E-state index contributed by atoms with van der Waals surface area (Å²) in [7, 11) is 0. The molecule has 0 saturated heterocycles. The molecular formula is C20H35NO4. The van der Waals surface area contributed by atoms with E-state index in [1.807, 2.05) is 0 Å². The summed E-state index contributed by atoms with van der Waals surface area (Å²) < 4.78 is 5.35. The number of esters is 1. The van der Waals surface area contributed by atoms with Gasteiger partial charge < -0.3 is 15.6 Å². The van der Waals surface area contributed by atoms with Crippen molar-refractivity contribution in [1.29, 1.82) is 0 Å². The Morgan fingerprint density at radius 1 is 1.16 bits per heavy atom. The predicted octanol–water partition coefficient (Wildman–Crippen LogP) is 3.48. The third kappa shape index (κ3) is 5.84. The summed E-state index contributed by atoms with van der Waals surface area (Å²) in [5.74, 6) is 1.41. The van der Waals surface area contributed by atoms with Gasteiger partial charge in [0.1, 0.15) is 12.6 Å². The van der Waals surface area contributed by atoms with Gasteiger partial charge in [-0.3, -0.25) is 9.59 Å². The minimum absolute atomic E-state index is 0.211. The van der Waals surface area contributed by atoms with Gasteiger partial charge in [-0.05, 0) is 47.5 Å². The van der Waals surface area contributed by atoms with Crippen LogP contribution in [0.1, 0.15) is 54.4 Å². The van der Waals surface area contributed by atoms with Crippen molar-refractivity contribution in [3.05, 3.63) is 11.6 Å². The lowest BCUT2D eigenvalue weighted by molar-refractivity contribution is -0.148. The average Bonchev–Trinajstić information content (AvgIpc) is 2.50. The first-order valence-electron chi connectivity index (χ1n) is 9.39. The van der Waals surface area contributed by atoms with E-state index in [4.69, 9.17) is 15.6 Å². The van der Waals surface area contributed by atoms with Crippen LogP contribution >= 0.6 is 0 Å². The van der Waals surface area contributed by atoms with E-state index >= 15 is 0 Å². The molecule has 5 heteroatoms. The molecule has 0 aromatic carbocycles. The van der Waals surface area contributed by atoms with Gasteiger partial charge in [0, 0.05) is 0 Å². The molecule has 0 saturated carbocycles. The lowest BCUT2D eigenvalue weighted by Gasteiger charge is -2.44. The van der Waals surface area contributed by atoms with Gasteiger partial charge in [-0.1, -0.05) is 47.6 Å². The molecule has 0 heterocycles. The molecular weight excluding hydrogens is 318 g/mol. The number of hydrogen-bond acceptors (Lipinski definition) is 4. The maximum atomic E-state index is 11.9. The number of hydrogen-bond donors (Lipinski definition) is 2. The maximum absolute atomic E-state index is 11.9. The predicted molar refractivity (Wildman–Crippen MR) is 98.9 cm³/mol. The van der Waals surface area contributed by atoms with Gasteiger partial charge in [0.2, 0.25) is 0 Å². The quantitative estimate of drug-likeness (QED) is 0.515. The first-order chi connectivity index (χ1) is 11.6. The highest BCUT2D eigenvalue weighted by molar-refractivity contribution is 5.81. The molecule has 1 aliphatic carbocycles. The van der Waals surface area contributed by atoms with Crippen molar-refractivity contribution in [2.24, 2.45) is 41.2 Å². The van der Waals surface area contributed by atoms with Gasteiger partial charge in [-0.25, -0.2) is 0 Å². The van der Waals surface area contributed by atoms with Crippen molar-refractivity contribution in [3.63, 3.8) is 0 Å². The molecule has 0 bridgehead atoms. The number of allylic oxidation sites excluding steroid dienone is 1. The SMILES string of the molecule is CC(C)C1CC=C(COC(=O)C(N)CC(=O)O)C(C(C)C)C1C(C)C. The zero-order valence-corrected chi connectivity index (χ0v) is 16.5. The Balaban J connectivity index is 2.90. The molecule has 0 amide bonds. The Morgan fingerprint density at radius 3 is 2.20 bits per heavy atom. The summed E-state index contributed by atoms with van der Waals surface area (Å²) in [5, 5.41) is 8.74. The van der Waals surface area contributed by atoms with Gasteiger partial charge in [0.25, 0.3) is 0 Å². The van der Waals surface area contributed by atoms with Crippen LogP contribution in [-0.2, 0) is 14.3 Å². The molecule has 25 heavy (non-hydrogen) atoms. The Bertz CT molecular complexity index is 496. The van der Waals surface area contributed by atoms with Gasteiger partial charge in [-0.2, -0.15) is 0 Å². The second-order valence-electron chi connectivity index (χ2n) is 8.33. The minimum atomic E-state index is -1.11. The average molecular weight is 354 g/mol. The Kier molecular flexibility index (Phi) is 8.13. The Labute approximate surface area is 152 Å². The van der Waals surface area contributed by atoms with E-state index in [2.05, 4.69) is 47.6 Å². The standard InChI is InChI=1S/C20H35NO4/c1-11(2)15-8-7-14(18(12(3)4)19(15)13(5)6)10-25-20(24)16(21)9-17(22)23/h7,11-13,15-16,18-19H,8-10,21H2,1-6H3,(H,22,23). The number of nitrogens with two attached hydrogens (primary N) is 1. The van der Waals surface area contributed by atoms with Gasteiger partial charge in [0.15, 0.2) is 0 Å². The molecule has 144 valence electrons. The second kappa shape index (κ2) is 9.37. The van der Waals surface area contributed by atoms with Crippen LogP contribution in [0, 0.1) is 35.5 Å². The first kappa shape index (κ1) is 21.7. The summed E-state index contributed by atoms with van der Waals surface area (Å²) in [4.78, 5) is 22.6. The lowest BCUT2D eigenvalue weighted by Crippen LogP contribution is -2.40. The van der Waals surface area contributed by atoms with Crippen LogP contribution < -0.4 is 5.73 Å². The van der Waals surface area contributed by atoms with Crippen molar-refractivity contribution in [1.82, 2.24) is 0 Å². The minimum Gasteiger partial charge on any atom is -0.481 e. The van der Waals surface area contributed by atoms with Crippen LogP contribution in [0.4, 0.5) is 0 Å². The van der Waals surface area contributed by atoms with Gasteiger partial charge >= 0.3 is 11.9 Å². The van der Waals surface area contributed by atoms with E-state index in [1.54, 1.807) is 0 Å². The summed E-state index contributed by atoms with van der Waals surface area (Å²) >= 11 is 0. The topological polar surface area (TPSA) is 89.6 Å². The van der Waals surface area contributed by atoms with Crippen molar-refractivity contribution in [2.45, 2.75) is 60.4 Å². The molecule has 3 N–H and O–H groups in total. The molecule has 5 nitrogen and oxygen atoms in total. The molecule has 4 unspecified atom stereocenters. The fourth-order valence-corrected chi connectivity index (χ4v) is 4.28.